The Labute approximate surface area is 165 Å². The number of esters is 1. The molecule has 0 saturated carbocycles. The largest absolute Gasteiger partial charge is 0.477 e. The molecule has 28 heavy (non-hydrogen) atoms. The van der Waals surface area contributed by atoms with Crippen LogP contribution in [0.5, 0.6) is 0 Å². The number of nitrogens with one attached hydrogen (secondary N) is 1. The number of β-lactam (4-membered cyclic amide) rings is 1. The van der Waals surface area contributed by atoms with Gasteiger partial charge in [-0.3, -0.25) is 19.3 Å². The second-order valence-corrected chi connectivity index (χ2v) is 8.59. The first kappa shape index (κ1) is 21.7. The van der Waals surface area contributed by atoms with Crippen LogP contribution in [0.4, 0.5) is 4.79 Å². The van der Waals surface area contributed by atoms with Crippen LogP contribution in [-0.2, 0) is 28.7 Å². The molecule has 2 atom stereocenters. The number of carboxylic acid groups (broad SMARTS) is 1. The highest BCUT2D eigenvalue weighted by Gasteiger charge is 2.49. The second kappa shape index (κ2) is 8.21. The maximum absolute atomic E-state index is 12.2. The lowest BCUT2D eigenvalue weighted by Crippen LogP contribution is -2.58. The summed E-state index contributed by atoms with van der Waals surface area (Å²) in [5.74, 6) is -3.00. The molecule has 0 aromatic heterocycles. The zero-order valence-corrected chi connectivity index (χ0v) is 16.8. The van der Waals surface area contributed by atoms with E-state index in [1.165, 1.54) is 6.92 Å². The van der Waals surface area contributed by atoms with Crippen molar-refractivity contribution in [2.75, 3.05) is 6.61 Å². The Morgan fingerprint density at radius 2 is 1.93 bits per heavy atom. The van der Waals surface area contributed by atoms with E-state index in [1.54, 1.807) is 20.8 Å². The van der Waals surface area contributed by atoms with Crippen molar-refractivity contribution >= 4 is 41.5 Å². The first-order valence-electron chi connectivity index (χ1n) is 8.47. The smallest absolute Gasteiger partial charge is 0.408 e. The van der Waals surface area contributed by atoms with Crippen LogP contribution in [0.15, 0.2) is 11.3 Å². The predicted octanol–water partition coefficient (Wildman–Crippen LogP) is 1.00. The first-order valence-corrected chi connectivity index (χ1v) is 9.41. The van der Waals surface area contributed by atoms with Crippen molar-refractivity contribution in [1.82, 2.24) is 10.2 Å². The first-order chi connectivity index (χ1) is 12.9. The van der Waals surface area contributed by atoms with E-state index in [0.717, 1.165) is 16.7 Å². The summed E-state index contributed by atoms with van der Waals surface area (Å²) >= 11 is 1.15. The number of carbonyl (C=O) groups is 5. The average molecular weight is 414 g/mol. The quantitative estimate of drug-likeness (QED) is 0.370. The van der Waals surface area contributed by atoms with Crippen LogP contribution < -0.4 is 5.32 Å². The van der Waals surface area contributed by atoms with Crippen molar-refractivity contribution < 1.29 is 38.6 Å². The lowest BCUT2D eigenvalue weighted by atomic mass is 10.1. The molecule has 2 heterocycles. The number of rotatable bonds is 6. The van der Waals surface area contributed by atoms with Crippen LogP contribution in [0.1, 0.15) is 40.5 Å². The third kappa shape index (κ3) is 5.24. The van der Waals surface area contributed by atoms with Gasteiger partial charge in [-0.15, -0.1) is 11.8 Å². The number of thioether (sulfide) groups is 1. The monoisotopic (exact) mass is 414 g/mol. The fraction of sp³-hybridized carbons (Fsp3) is 0.588. The van der Waals surface area contributed by atoms with Gasteiger partial charge in [-0.05, 0) is 27.7 Å². The van der Waals surface area contributed by atoms with Crippen molar-refractivity contribution in [1.29, 1.82) is 0 Å². The van der Waals surface area contributed by atoms with Crippen molar-refractivity contribution in [2.24, 2.45) is 0 Å². The van der Waals surface area contributed by atoms with Crippen molar-refractivity contribution in [2.45, 2.75) is 56.9 Å². The third-order valence-corrected chi connectivity index (χ3v) is 5.06. The number of alkyl carbamates (subject to hydrolysis) is 1. The maximum atomic E-state index is 12.2. The minimum atomic E-state index is -1.38. The number of aliphatic carboxylic acids is 1. The van der Waals surface area contributed by atoms with Gasteiger partial charge < -0.3 is 19.9 Å². The number of ether oxygens (including phenoxy) is 2. The molecule has 0 aromatic rings. The molecule has 0 bridgehead atoms. The molecule has 1 fully saturated rings. The fourth-order valence-corrected chi connectivity index (χ4v) is 4.02. The molecule has 2 rings (SSSR count). The Hall–Kier alpha value is -2.56. The molecule has 0 aromatic carbocycles. The van der Waals surface area contributed by atoms with Gasteiger partial charge in [-0.1, -0.05) is 0 Å². The lowest BCUT2D eigenvalue weighted by molar-refractivity contribution is -0.147. The number of carboxylic acids is 1. The van der Waals surface area contributed by atoms with Gasteiger partial charge in [0.15, 0.2) is 0 Å². The van der Waals surface area contributed by atoms with Gasteiger partial charge in [0, 0.05) is 5.57 Å². The third-order valence-electron chi connectivity index (χ3n) is 3.69. The molecule has 1 unspecified atom stereocenters. The summed E-state index contributed by atoms with van der Waals surface area (Å²) in [4.78, 5) is 59.6. The molecular weight excluding hydrogens is 392 g/mol. The molecule has 11 heteroatoms. The molecule has 154 valence electrons. The molecule has 0 radical (unpaired) electrons. The molecule has 2 aliphatic heterocycles. The molecule has 2 aliphatic rings. The number of amides is 2. The number of ketones is 1. The second-order valence-electron chi connectivity index (χ2n) is 7.30. The summed E-state index contributed by atoms with van der Waals surface area (Å²) in [5.41, 5.74) is -1.07. The molecule has 2 N–H and O–H groups in total. The van der Waals surface area contributed by atoms with Gasteiger partial charge in [0.05, 0.1) is 11.8 Å². The molecular formula is C17H22N2O8S. The van der Waals surface area contributed by atoms with Crippen molar-refractivity contribution in [3.05, 3.63) is 11.3 Å². The Morgan fingerprint density at radius 3 is 2.43 bits per heavy atom. The molecule has 10 nitrogen and oxygen atoms in total. The zero-order chi connectivity index (χ0) is 21.2. The number of Topliss-reactive ketones (excluding diaryl/α,β-unsaturated/α-hetero) is 1. The Balaban J connectivity index is 2.27. The van der Waals surface area contributed by atoms with E-state index in [1.807, 2.05) is 0 Å². The molecule has 0 spiro atoms. The van der Waals surface area contributed by atoms with Crippen LogP contribution in [0.25, 0.3) is 0 Å². The van der Waals surface area contributed by atoms with Crippen molar-refractivity contribution in [3.8, 4) is 0 Å². The summed E-state index contributed by atoms with van der Waals surface area (Å²) in [6, 6.07) is 0. The van der Waals surface area contributed by atoms with E-state index in [2.05, 4.69) is 5.32 Å². The van der Waals surface area contributed by atoms with E-state index >= 15 is 0 Å². The van der Waals surface area contributed by atoms with Crippen LogP contribution >= 0.6 is 11.8 Å². The minimum Gasteiger partial charge on any atom is -0.477 e. The number of carbonyl (C=O) groups excluding carboxylic acids is 4. The Bertz CT molecular complexity index is 755. The molecule has 1 saturated heterocycles. The summed E-state index contributed by atoms with van der Waals surface area (Å²) in [6.07, 6.45) is -1.11. The van der Waals surface area contributed by atoms with Crippen LogP contribution in [0, 0.1) is 0 Å². The van der Waals surface area contributed by atoms with E-state index < -0.39 is 53.2 Å². The number of hydrogen-bond acceptors (Lipinski definition) is 8. The minimum absolute atomic E-state index is 0.0320. The number of nitrogens with zero attached hydrogens (tertiary/aromatic N) is 1. The van der Waals surface area contributed by atoms with E-state index in [9.17, 15) is 29.1 Å². The van der Waals surface area contributed by atoms with Gasteiger partial charge in [0.1, 0.15) is 35.5 Å². The van der Waals surface area contributed by atoms with Crippen LogP contribution in [0.3, 0.4) is 0 Å². The predicted molar refractivity (Wildman–Crippen MR) is 96.9 cm³/mol. The number of fused-ring (bicyclic) bond motifs is 1. The van der Waals surface area contributed by atoms with Gasteiger partial charge in [0.2, 0.25) is 5.91 Å². The summed E-state index contributed by atoms with van der Waals surface area (Å²) in [6.45, 7) is 5.76. The molecule has 2 amide bonds. The van der Waals surface area contributed by atoms with Crippen LogP contribution in [0.2, 0.25) is 0 Å². The zero-order valence-electron chi connectivity index (χ0n) is 15.9. The van der Waals surface area contributed by atoms with Gasteiger partial charge in [0.25, 0.3) is 0 Å². The van der Waals surface area contributed by atoms with E-state index in [-0.39, 0.29) is 23.6 Å². The highest BCUT2D eigenvalue weighted by Crippen LogP contribution is 2.43. The number of hydrogen-bond donors (Lipinski definition) is 2. The highest BCUT2D eigenvalue weighted by molar-refractivity contribution is 8.00. The molecule has 0 aliphatic carbocycles. The maximum Gasteiger partial charge on any atom is 0.408 e. The van der Waals surface area contributed by atoms with Crippen LogP contribution in [-0.4, -0.2) is 62.7 Å². The van der Waals surface area contributed by atoms with Gasteiger partial charge in [-0.2, -0.15) is 0 Å². The highest BCUT2D eigenvalue weighted by atomic mass is 32.2. The summed E-state index contributed by atoms with van der Waals surface area (Å²) < 4.78 is 10.2. The summed E-state index contributed by atoms with van der Waals surface area (Å²) in [7, 11) is 0. The fourth-order valence-electron chi connectivity index (χ4n) is 2.62. The van der Waals surface area contributed by atoms with Gasteiger partial charge >= 0.3 is 18.0 Å². The standard InChI is InChI=1S/C17H22N2O8S/c1-8(20)5-12(22)26-7-9-13(15(23)24)19-10(21)6-11(19)28-14(9)18-16(25)27-17(2,3)4/h11,14H,5-7H2,1-4H3,(H,18,25)(H,23,24)/t11-,14?/m1/s1. The van der Waals surface area contributed by atoms with E-state index in [0.29, 0.717) is 0 Å². The normalized spacial score (nSPS) is 21.4. The SMILES string of the molecule is CC(=O)CC(=O)OCC1=C(C(=O)O)N2C(=O)C[C@H]2SC1NC(=O)OC(C)(C)C. The van der Waals surface area contributed by atoms with Crippen molar-refractivity contribution in [3.63, 3.8) is 0 Å². The Kier molecular flexibility index (Phi) is 6.37. The van der Waals surface area contributed by atoms with Gasteiger partial charge in [-0.25, -0.2) is 9.59 Å². The van der Waals surface area contributed by atoms with E-state index in [4.69, 9.17) is 9.47 Å². The Morgan fingerprint density at radius 1 is 1.29 bits per heavy atom. The average Bonchev–Trinajstić information content (AvgIpc) is 2.49. The lowest BCUT2D eigenvalue weighted by Gasteiger charge is -2.46. The topological polar surface area (TPSA) is 139 Å². The summed E-state index contributed by atoms with van der Waals surface area (Å²) in [5, 5.41) is 10.8.